The monoisotopic (exact) mass is 740 g/mol. The quantitative estimate of drug-likeness (QED) is 0.169. The molecule has 6 heteroatoms. The lowest BCUT2D eigenvalue weighted by Gasteiger charge is -2.30. The number of benzene rings is 4. The van der Waals surface area contributed by atoms with E-state index in [9.17, 15) is 10.2 Å². The lowest BCUT2D eigenvalue weighted by atomic mass is 9.86. The molecule has 2 N–H and O–H groups in total. The van der Waals surface area contributed by atoms with E-state index in [2.05, 4.69) is 53.7 Å². The number of rotatable bonds is 10. The first-order valence-corrected chi connectivity index (χ1v) is 21.1. The number of ether oxygens (including phenoxy) is 2. The maximum absolute atomic E-state index is 11.7. The van der Waals surface area contributed by atoms with Gasteiger partial charge < -0.3 is 19.7 Å². The molecule has 4 aromatic carbocycles. The Morgan fingerprint density at radius 3 is 1.23 bits per heavy atom. The van der Waals surface area contributed by atoms with E-state index in [0.29, 0.717) is 33.5 Å². The van der Waals surface area contributed by atoms with Crippen molar-refractivity contribution in [1.29, 1.82) is 0 Å². The summed E-state index contributed by atoms with van der Waals surface area (Å²) >= 11 is 3.93. The van der Waals surface area contributed by atoms with Crippen molar-refractivity contribution in [2.24, 2.45) is 0 Å². The molecule has 1 aliphatic carbocycles. The molecular formula is C46H60O4S2. The van der Waals surface area contributed by atoms with Crippen molar-refractivity contribution in [3.8, 4) is 34.5 Å². The number of phenolic OH excluding ortho intramolecular Hbond substituents is 2. The van der Waals surface area contributed by atoms with E-state index in [1.165, 1.54) is 25.7 Å². The van der Waals surface area contributed by atoms with Gasteiger partial charge in [0.05, 0.1) is 0 Å². The predicted molar refractivity (Wildman–Crippen MR) is 223 cm³/mol. The van der Waals surface area contributed by atoms with Crippen molar-refractivity contribution >= 4 is 23.5 Å². The van der Waals surface area contributed by atoms with Crippen LogP contribution in [0.5, 0.6) is 34.5 Å². The van der Waals surface area contributed by atoms with E-state index in [4.69, 9.17) is 9.47 Å². The number of aromatic hydroxyl groups is 2. The fourth-order valence-electron chi connectivity index (χ4n) is 6.90. The number of aryl methyl sites for hydroxylation is 4. The first-order chi connectivity index (χ1) is 24.5. The van der Waals surface area contributed by atoms with Crippen molar-refractivity contribution in [2.45, 2.75) is 141 Å². The van der Waals surface area contributed by atoms with Crippen LogP contribution in [0.25, 0.3) is 0 Å². The third kappa shape index (κ3) is 9.85. The molecule has 0 amide bonds. The van der Waals surface area contributed by atoms with Gasteiger partial charge in [-0.05, 0) is 96.9 Å². The zero-order valence-corrected chi connectivity index (χ0v) is 34.7. The summed E-state index contributed by atoms with van der Waals surface area (Å²) in [5.74, 6) is 4.55. The van der Waals surface area contributed by atoms with Gasteiger partial charge in [0.15, 0.2) is 23.0 Å². The smallest absolute Gasteiger partial charge is 0.169 e. The highest BCUT2D eigenvalue weighted by atomic mass is 32.2. The predicted octanol–water partition coefficient (Wildman–Crippen LogP) is 13.8. The molecular weight excluding hydrogens is 681 g/mol. The largest absolute Gasteiger partial charge is 0.504 e. The average Bonchev–Trinajstić information content (AvgIpc) is 3.05. The third-order valence-corrected chi connectivity index (χ3v) is 13.4. The zero-order chi connectivity index (χ0) is 37.8. The van der Waals surface area contributed by atoms with Gasteiger partial charge in [-0.1, -0.05) is 116 Å². The van der Waals surface area contributed by atoms with Crippen LogP contribution >= 0.6 is 23.5 Å². The number of hydrogen-bond acceptors (Lipinski definition) is 6. The van der Waals surface area contributed by atoms with Crippen LogP contribution in [0.2, 0.25) is 0 Å². The van der Waals surface area contributed by atoms with Crippen LogP contribution < -0.4 is 9.47 Å². The van der Waals surface area contributed by atoms with E-state index in [1.54, 1.807) is 0 Å². The average molecular weight is 741 g/mol. The molecule has 4 aromatic rings. The van der Waals surface area contributed by atoms with E-state index in [0.717, 1.165) is 68.8 Å². The summed E-state index contributed by atoms with van der Waals surface area (Å²) in [5, 5.41) is 24.2. The molecule has 0 heterocycles. The maximum atomic E-state index is 11.7. The van der Waals surface area contributed by atoms with E-state index < -0.39 is 0 Å². The molecule has 4 nitrogen and oxygen atoms in total. The highest BCUT2D eigenvalue weighted by molar-refractivity contribution is 8.03. The summed E-state index contributed by atoms with van der Waals surface area (Å²) in [6, 6.07) is 20.7. The summed E-state index contributed by atoms with van der Waals surface area (Å²) < 4.78 is 13.0. The standard InChI is InChI=1S/C46H60O4S2/c1-29-17-15-18-30(2)43(29)49-37-25-35(45(5,6)7)23-33(41(37)47)27-51-39-21-13-11-12-14-22-40(39)52-28-34-24-36(46(8,9)10)26-38(42(34)48)50-44-31(3)19-16-20-32(44)4/h15-20,23-26,39-40,47-48H,11-14,21-22,27-28H2,1-10H3. The lowest BCUT2D eigenvalue weighted by Crippen LogP contribution is -2.22. The number of para-hydroxylation sites is 2. The Morgan fingerprint density at radius 1 is 0.558 bits per heavy atom. The molecule has 280 valence electrons. The van der Waals surface area contributed by atoms with Gasteiger partial charge in [-0.2, -0.15) is 23.5 Å². The molecule has 2 atom stereocenters. The highest BCUT2D eigenvalue weighted by Gasteiger charge is 2.28. The summed E-state index contributed by atoms with van der Waals surface area (Å²) in [7, 11) is 0. The molecule has 2 unspecified atom stereocenters. The molecule has 1 saturated carbocycles. The topological polar surface area (TPSA) is 58.9 Å². The van der Waals surface area contributed by atoms with Crippen LogP contribution in [-0.2, 0) is 22.3 Å². The van der Waals surface area contributed by atoms with Crippen LogP contribution in [0.3, 0.4) is 0 Å². The van der Waals surface area contributed by atoms with Crippen molar-refractivity contribution in [3.05, 3.63) is 105 Å². The lowest BCUT2D eigenvalue weighted by molar-refractivity contribution is 0.403. The number of thioether (sulfide) groups is 2. The molecule has 5 rings (SSSR count). The SMILES string of the molecule is Cc1cccc(C)c1Oc1cc(C(C)(C)C)cc(CSC2CCCCCCC2SCc2cc(C(C)(C)C)cc(Oc3c(C)cccc3C)c2O)c1O. The second kappa shape index (κ2) is 16.8. The summed E-state index contributed by atoms with van der Waals surface area (Å²) in [5.41, 5.74) is 8.15. The Labute approximate surface area is 322 Å². The van der Waals surface area contributed by atoms with Gasteiger partial charge in [0.1, 0.15) is 11.5 Å². The van der Waals surface area contributed by atoms with Crippen molar-refractivity contribution < 1.29 is 19.7 Å². The first kappa shape index (κ1) is 40.0. The Bertz CT molecular complexity index is 1670. The fourth-order valence-corrected chi connectivity index (χ4v) is 9.97. The Hall–Kier alpha value is -3.22. The molecule has 0 spiro atoms. The Morgan fingerprint density at radius 2 is 0.904 bits per heavy atom. The number of phenols is 2. The van der Waals surface area contributed by atoms with Crippen LogP contribution in [0, 0.1) is 27.7 Å². The summed E-state index contributed by atoms with van der Waals surface area (Å²) in [6.45, 7) is 21.5. The molecule has 1 fully saturated rings. The molecule has 0 bridgehead atoms. The summed E-state index contributed by atoms with van der Waals surface area (Å²) in [4.78, 5) is 0. The minimum atomic E-state index is -0.102. The van der Waals surface area contributed by atoms with Gasteiger partial charge in [0.2, 0.25) is 0 Å². The van der Waals surface area contributed by atoms with Gasteiger partial charge in [-0.15, -0.1) is 0 Å². The highest BCUT2D eigenvalue weighted by Crippen LogP contribution is 2.46. The minimum Gasteiger partial charge on any atom is -0.504 e. The molecule has 0 saturated heterocycles. The molecule has 0 aromatic heterocycles. The van der Waals surface area contributed by atoms with Gasteiger partial charge in [0.25, 0.3) is 0 Å². The van der Waals surface area contributed by atoms with Crippen molar-refractivity contribution in [2.75, 3.05) is 0 Å². The van der Waals surface area contributed by atoms with Crippen molar-refractivity contribution in [3.63, 3.8) is 0 Å². The van der Waals surface area contributed by atoms with Crippen LogP contribution in [-0.4, -0.2) is 20.7 Å². The van der Waals surface area contributed by atoms with Gasteiger partial charge >= 0.3 is 0 Å². The second-order valence-corrected chi connectivity index (χ2v) is 19.3. The first-order valence-electron chi connectivity index (χ1n) is 19.0. The Kier molecular flexibility index (Phi) is 13.0. The third-order valence-electron chi connectivity index (χ3n) is 10.3. The van der Waals surface area contributed by atoms with Gasteiger partial charge in [0, 0.05) is 33.1 Å². The van der Waals surface area contributed by atoms with Gasteiger partial charge in [-0.25, -0.2) is 0 Å². The zero-order valence-electron chi connectivity index (χ0n) is 33.1. The van der Waals surface area contributed by atoms with E-state index in [-0.39, 0.29) is 22.3 Å². The van der Waals surface area contributed by atoms with E-state index in [1.807, 2.05) is 99.7 Å². The fraction of sp³-hybridized carbons (Fsp3) is 0.478. The van der Waals surface area contributed by atoms with Crippen LogP contribution in [0.1, 0.15) is 125 Å². The van der Waals surface area contributed by atoms with Crippen molar-refractivity contribution in [1.82, 2.24) is 0 Å². The minimum absolute atomic E-state index is 0.102. The van der Waals surface area contributed by atoms with Gasteiger partial charge in [-0.3, -0.25) is 0 Å². The van der Waals surface area contributed by atoms with Crippen LogP contribution in [0.4, 0.5) is 0 Å². The van der Waals surface area contributed by atoms with E-state index >= 15 is 0 Å². The molecule has 0 radical (unpaired) electrons. The molecule has 0 aliphatic heterocycles. The molecule has 1 aliphatic rings. The summed E-state index contributed by atoms with van der Waals surface area (Å²) in [6.07, 6.45) is 7.23. The second-order valence-electron chi connectivity index (χ2n) is 16.8. The Balaban J connectivity index is 1.41. The maximum Gasteiger partial charge on any atom is 0.169 e. The molecule has 52 heavy (non-hydrogen) atoms. The normalized spacial score (nSPS) is 17.0. The van der Waals surface area contributed by atoms with Crippen LogP contribution in [0.15, 0.2) is 60.7 Å². The number of hydrogen-bond donors (Lipinski definition) is 2.